The van der Waals surface area contributed by atoms with Crippen molar-refractivity contribution in [3.8, 4) is 0 Å². The van der Waals surface area contributed by atoms with Crippen LogP contribution in [0.15, 0.2) is 36.9 Å². The molecule has 0 heterocycles. The fourth-order valence-electron chi connectivity index (χ4n) is 0.788. The first kappa shape index (κ1) is 14.3. The van der Waals surface area contributed by atoms with Gasteiger partial charge in [0.25, 0.3) is 0 Å². The molecule has 6 heteroatoms. The van der Waals surface area contributed by atoms with Crippen LogP contribution in [0.2, 0.25) is 0 Å². The van der Waals surface area contributed by atoms with Crippen LogP contribution in [0.5, 0.6) is 0 Å². The van der Waals surface area contributed by atoms with Gasteiger partial charge in [0.2, 0.25) is 7.23 Å². The van der Waals surface area contributed by atoms with Gasteiger partial charge in [-0.3, -0.25) is 4.57 Å². The third-order valence-electron chi connectivity index (χ3n) is 1.31. The maximum atomic E-state index is 10.5. The van der Waals surface area contributed by atoms with Gasteiger partial charge in [0.1, 0.15) is 0 Å². The number of benzene rings is 1. The van der Waals surface area contributed by atoms with Gasteiger partial charge in [-0.05, 0) is 29.2 Å². The van der Waals surface area contributed by atoms with Crippen molar-refractivity contribution in [2.75, 3.05) is 0 Å². The van der Waals surface area contributed by atoms with Crippen LogP contribution >= 0.6 is 30.8 Å². The molecule has 0 aliphatic carbocycles. The third kappa shape index (κ3) is 7.25. The van der Waals surface area contributed by atoms with Crippen molar-refractivity contribution in [1.82, 2.24) is 0 Å². The predicted octanol–water partition coefficient (Wildman–Crippen LogP) is 3.44. The van der Waals surface area contributed by atoms with E-state index in [0.717, 1.165) is 16.9 Å². The quantitative estimate of drug-likeness (QED) is 0.496. The fourth-order valence-corrected chi connectivity index (χ4v) is 2.24. The summed E-state index contributed by atoms with van der Waals surface area (Å²) in [6.07, 6.45) is 0. The first-order valence-electron chi connectivity index (χ1n) is 3.80. The number of nitrogens with one attached hydrogen (secondary N) is 1. The molecule has 1 rings (SSSR count). The van der Waals surface area contributed by atoms with Gasteiger partial charge in [-0.25, -0.2) is 5.41 Å². The highest BCUT2D eigenvalue weighted by Gasteiger charge is 2.00. The van der Waals surface area contributed by atoms with E-state index in [1.807, 2.05) is 30.3 Å². The zero-order valence-electron chi connectivity index (χ0n) is 7.77. The van der Waals surface area contributed by atoms with Gasteiger partial charge in [-0.15, -0.1) is 0 Å². The van der Waals surface area contributed by atoms with E-state index in [-0.39, 0.29) is 0 Å². The van der Waals surface area contributed by atoms with Crippen LogP contribution in [0.3, 0.4) is 0 Å². The van der Waals surface area contributed by atoms with E-state index in [1.54, 1.807) is 5.16 Å². The Morgan fingerprint density at radius 3 is 2.40 bits per heavy atom. The van der Waals surface area contributed by atoms with Crippen molar-refractivity contribution in [2.45, 2.75) is 0 Å². The molecule has 0 aromatic heterocycles. The SMILES string of the molecule is C=C(S[PH](=O)O)c1ccccc1.N=C=S. The smallest absolute Gasteiger partial charge is 0.248 e. The van der Waals surface area contributed by atoms with Crippen LogP contribution < -0.4 is 0 Å². The van der Waals surface area contributed by atoms with Crippen molar-refractivity contribution in [3.05, 3.63) is 42.5 Å². The summed E-state index contributed by atoms with van der Waals surface area (Å²) >= 11 is 4.73. The topological polar surface area (TPSA) is 61.1 Å². The Balaban J connectivity index is 0.000000583. The second-order valence-corrected chi connectivity index (χ2v) is 5.35. The Labute approximate surface area is 98.3 Å². The number of thiocarbonyl (C=S) groups is 1. The minimum atomic E-state index is -2.51. The van der Waals surface area contributed by atoms with E-state index in [0.29, 0.717) is 4.91 Å². The first-order valence-corrected chi connectivity index (χ1v) is 7.11. The van der Waals surface area contributed by atoms with Crippen LogP contribution in [0.1, 0.15) is 5.56 Å². The second-order valence-electron chi connectivity index (χ2n) is 2.26. The summed E-state index contributed by atoms with van der Waals surface area (Å²) in [6.45, 7) is 3.69. The molecule has 15 heavy (non-hydrogen) atoms. The van der Waals surface area contributed by atoms with Crippen molar-refractivity contribution in [1.29, 1.82) is 5.41 Å². The van der Waals surface area contributed by atoms with Crippen LogP contribution in [-0.4, -0.2) is 10.1 Å². The van der Waals surface area contributed by atoms with Crippen LogP contribution in [0, 0.1) is 5.41 Å². The summed E-state index contributed by atoms with van der Waals surface area (Å²) in [7, 11) is -2.51. The highest BCUT2D eigenvalue weighted by molar-refractivity contribution is 8.54. The van der Waals surface area contributed by atoms with Crippen molar-refractivity contribution in [2.24, 2.45) is 0 Å². The molecule has 0 spiro atoms. The highest BCUT2D eigenvalue weighted by Crippen LogP contribution is 2.43. The van der Waals surface area contributed by atoms with E-state index in [2.05, 4.69) is 18.8 Å². The molecule has 1 unspecified atom stereocenters. The molecular weight excluding hydrogens is 249 g/mol. The second kappa shape index (κ2) is 8.60. The van der Waals surface area contributed by atoms with Gasteiger partial charge < -0.3 is 4.89 Å². The number of rotatable bonds is 3. The van der Waals surface area contributed by atoms with Crippen LogP contribution in [-0.2, 0) is 4.57 Å². The lowest BCUT2D eigenvalue weighted by Gasteiger charge is -2.00. The third-order valence-corrected chi connectivity index (χ3v) is 3.23. The van der Waals surface area contributed by atoms with Crippen LogP contribution in [0.25, 0.3) is 4.91 Å². The molecule has 1 aromatic rings. The minimum absolute atomic E-state index is 0.641. The Hall–Kier alpha value is -0.700. The standard InChI is InChI=1S/C8H9O2PS.CHNS/c1-7(12-11(9)10)8-5-3-2-4-6-8;2-1-3/h2-6,11H,1H2,(H,9,10);2H. The highest BCUT2D eigenvalue weighted by atomic mass is 32.7. The van der Waals surface area contributed by atoms with Crippen molar-refractivity contribution in [3.63, 3.8) is 0 Å². The van der Waals surface area contributed by atoms with Gasteiger partial charge in [-0.2, -0.15) is 0 Å². The van der Waals surface area contributed by atoms with Crippen LogP contribution in [0.4, 0.5) is 0 Å². The van der Waals surface area contributed by atoms with E-state index >= 15 is 0 Å². The summed E-state index contributed by atoms with van der Waals surface area (Å²) in [6, 6.07) is 9.36. The first-order chi connectivity index (χ1) is 7.11. The lowest BCUT2D eigenvalue weighted by molar-refractivity contribution is 0.520. The number of hydrogen-bond donors (Lipinski definition) is 2. The molecule has 0 aliphatic heterocycles. The molecule has 2 N–H and O–H groups in total. The molecule has 0 bridgehead atoms. The Kier molecular flexibility index (Phi) is 8.19. The van der Waals surface area contributed by atoms with E-state index in [4.69, 9.17) is 10.3 Å². The Bertz CT molecular complexity index is 375. The summed E-state index contributed by atoms with van der Waals surface area (Å²) in [5.74, 6) is 0. The lowest BCUT2D eigenvalue weighted by atomic mass is 10.2. The summed E-state index contributed by atoms with van der Waals surface area (Å²) in [4.78, 5) is 9.27. The summed E-state index contributed by atoms with van der Waals surface area (Å²) in [5.41, 5.74) is 0.898. The number of hydrogen-bond acceptors (Lipinski definition) is 4. The average molecular weight is 259 g/mol. The average Bonchev–Trinajstić information content (AvgIpc) is 2.19. The summed E-state index contributed by atoms with van der Waals surface area (Å²) < 4.78 is 10.5. The van der Waals surface area contributed by atoms with Gasteiger partial charge in [0.15, 0.2) is 0 Å². The van der Waals surface area contributed by atoms with Crippen molar-refractivity contribution >= 4 is 40.9 Å². The molecule has 3 nitrogen and oxygen atoms in total. The lowest BCUT2D eigenvalue weighted by Crippen LogP contribution is -1.73. The minimum Gasteiger partial charge on any atom is -0.339 e. The van der Waals surface area contributed by atoms with E-state index in [9.17, 15) is 4.57 Å². The van der Waals surface area contributed by atoms with Gasteiger partial charge in [0.05, 0.1) is 5.16 Å². The molecule has 0 saturated carbocycles. The zero-order chi connectivity index (χ0) is 11.7. The Morgan fingerprint density at radius 2 is 2.00 bits per heavy atom. The van der Waals surface area contributed by atoms with Gasteiger partial charge >= 0.3 is 0 Å². The molecule has 0 fully saturated rings. The maximum Gasteiger partial charge on any atom is 0.248 e. The molecule has 80 valence electrons. The number of isothiocyanates is 1. The molecule has 0 amide bonds. The zero-order valence-corrected chi connectivity index (χ0v) is 10.4. The summed E-state index contributed by atoms with van der Waals surface area (Å²) in [5, 5.41) is 7.36. The Morgan fingerprint density at radius 1 is 1.53 bits per heavy atom. The molecule has 1 aromatic carbocycles. The predicted molar refractivity (Wildman–Crippen MR) is 69.6 cm³/mol. The monoisotopic (exact) mass is 259 g/mol. The largest absolute Gasteiger partial charge is 0.339 e. The molecular formula is C9H10NO2PS2. The van der Waals surface area contributed by atoms with Gasteiger partial charge in [0, 0.05) is 4.91 Å². The van der Waals surface area contributed by atoms with E-state index < -0.39 is 7.23 Å². The fraction of sp³-hybridized carbons (Fsp3) is 0. The van der Waals surface area contributed by atoms with Gasteiger partial charge in [-0.1, -0.05) is 36.9 Å². The van der Waals surface area contributed by atoms with Crippen molar-refractivity contribution < 1.29 is 9.46 Å². The molecule has 0 aliphatic rings. The molecule has 1 atom stereocenters. The molecule has 0 saturated heterocycles. The molecule has 0 radical (unpaired) electrons. The maximum absolute atomic E-state index is 10.5. The normalized spacial score (nSPS) is 10.5. The van der Waals surface area contributed by atoms with E-state index in [1.165, 1.54) is 0 Å².